The SMILES string of the molecule is CCCCc1nc2cc(C(C)C)ccc2n1CCN(C)C. The first-order chi connectivity index (χ1) is 10.0. The number of aryl methyl sites for hydroxylation is 1. The monoisotopic (exact) mass is 287 g/mol. The van der Waals surface area contributed by atoms with Gasteiger partial charge in [-0.2, -0.15) is 0 Å². The van der Waals surface area contributed by atoms with Crippen molar-refractivity contribution in [2.24, 2.45) is 0 Å². The molecule has 116 valence electrons. The lowest BCUT2D eigenvalue weighted by molar-refractivity contribution is 0.383. The molecule has 0 radical (unpaired) electrons. The summed E-state index contributed by atoms with van der Waals surface area (Å²) >= 11 is 0. The fraction of sp³-hybridized carbons (Fsp3) is 0.611. The quantitative estimate of drug-likeness (QED) is 0.765. The van der Waals surface area contributed by atoms with Crippen LogP contribution in [0.1, 0.15) is 50.9 Å². The lowest BCUT2D eigenvalue weighted by atomic mass is 10.0. The Balaban J connectivity index is 2.39. The van der Waals surface area contributed by atoms with Gasteiger partial charge in [0.15, 0.2) is 0 Å². The molecule has 0 bridgehead atoms. The largest absolute Gasteiger partial charge is 0.327 e. The van der Waals surface area contributed by atoms with E-state index in [2.05, 4.69) is 62.5 Å². The van der Waals surface area contributed by atoms with Crippen LogP contribution in [0.3, 0.4) is 0 Å². The van der Waals surface area contributed by atoms with E-state index in [1.807, 2.05) is 0 Å². The second-order valence-electron chi connectivity index (χ2n) is 6.49. The molecule has 0 aliphatic heterocycles. The normalized spacial score (nSPS) is 12.0. The third kappa shape index (κ3) is 3.85. The first-order valence-electron chi connectivity index (χ1n) is 8.16. The number of fused-ring (bicyclic) bond motifs is 1. The Bertz CT molecular complexity index is 581. The van der Waals surface area contributed by atoms with Gasteiger partial charge in [0.1, 0.15) is 5.82 Å². The lowest BCUT2D eigenvalue weighted by Gasteiger charge is -2.13. The third-order valence-electron chi connectivity index (χ3n) is 4.04. The molecule has 0 saturated heterocycles. The van der Waals surface area contributed by atoms with Gasteiger partial charge in [0, 0.05) is 19.5 Å². The van der Waals surface area contributed by atoms with E-state index in [4.69, 9.17) is 4.98 Å². The number of likely N-dealkylation sites (N-methyl/N-ethyl adjacent to an activating group) is 1. The van der Waals surface area contributed by atoms with Gasteiger partial charge in [-0.1, -0.05) is 33.3 Å². The van der Waals surface area contributed by atoms with Gasteiger partial charge in [-0.25, -0.2) is 4.98 Å². The summed E-state index contributed by atoms with van der Waals surface area (Å²) in [5, 5.41) is 0. The predicted octanol–water partition coefficient (Wildman–Crippen LogP) is 4.06. The molecule has 21 heavy (non-hydrogen) atoms. The fourth-order valence-electron chi connectivity index (χ4n) is 2.63. The average molecular weight is 287 g/mol. The van der Waals surface area contributed by atoms with Crippen LogP contribution in [0.15, 0.2) is 18.2 Å². The van der Waals surface area contributed by atoms with Crippen molar-refractivity contribution >= 4 is 11.0 Å². The van der Waals surface area contributed by atoms with Crippen LogP contribution < -0.4 is 0 Å². The zero-order chi connectivity index (χ0) is 15.4. The topological polar surface area (TPSA) is 21.1 Å². The summed E-state index contributed by atoms with van der Waals surface area (Å²) in [5.74, 6) is 1.80. The fourth-order valence-corrected chi connectivity index (χ4v) is 2.63. The second-order valence-corrected chi connectivity index (χ2v) is 6.49. The van der Waals surface area contributed by atoms with Crippen molar-refractivity contribution in [1.29, 1.82) is 0 Å². The smallest absolute Gasteiger partial charge is 0.109 e. The molecule has 1 aromatic heterocycles. The van der Waals surface area contributed by atoms with E-state index < -0.39 is 0 Å². The summed E-state index contributed by atoms with van der Waals surface area (Å²) < 4.78 is 2.41. The maximum absolute atomic E-state index is 4.92. The van der Waals surface area contributed by atoms with Crippen LogP contribution in [0.25, 0.3) is 11.0 Å². The maximum Gasteiger partial charge on any atom is 0.109 e. The molecule has 1 heterocycles. The van der Waals surface area contributed by atoms with Crippen molar-refractivity contribution in [2.45, 2.75) is 52.5 Å². The molecule has 0 spiro atoms. The third-order valence-corrected chi connectivity index (χ3v) is 4.04. The van der Waals surface area contributed by atoms with Crippen LogP contribution in [-0.4, -0.2) is 35.1 Å². The predicted molar refractivity (Wildman–Crippen MR) is 91.0 cm³/mol. The molecule has 0 aliphatic carbocycles. The number of rotatable bonds is 7. The molecule has 3 nitrogen and oxygen atoms in total. The van der Waals surface area contributed by atoms with Gasteiger partial charge in [0.05, 0.1) is 11.0 Å². The van der Waals surface area contributed by atoms with Crippen molar-refractivity contribution in [1.82, 2.24) is 14.5 Å². The van der Waals surface area contributed by atoms with Gasteiger partial charge in [-0.05, 0) is 44.1 Å². The lowest BCUT2D eigenvalue weighted by Crippen LogP contribution is -2.19. The van der Waals surface area contributed by atoms with Crippen LogP contribution in [0.4, 0.5) is 0 Å². The van der Waals surface area contributed by atoms with E-state index in [-0.39, 0.29) is 0 Å². The Kier molecular flexibility index (Phi) is 5.40. The van der Waals surface area contributed by atoms with Gasteiger partial charge in [0.2, 0.25) is 0 Å². The number of benzene rings is 1. The molecule has 0 fully saturated rings. The highest BCUT2D eigenvalue weighted by atomic mass is 15.1. The minimum absolute atomic E-state index is 0.556. The number of imidazole rings is 1. The summed E-state index contributed by atoms with van der Waals surface area (Å²) in [6, 6.07) is 6.77. The molecule has 0 aliphatic rings. The van der Waals surface area contributed by atoms with Crippen molar-refractivity contribution in [3.05, 3.63) is 29.6 Å². The van der Waals surface area contributed by atoms with E-state index >= 15 is 0 Å². The molecule has 2 aromatic rings. The molecule has 0 N–H and O–H groups in total. The Labute approximate surface area is 129 Å². The second kappa shape index (κ2) is 7.08. The van der Waals surface area contributed by atoms with E-state index in [0.717, 1.165) is 25.0 Å². The van der Waals surface area contributed by atoms with Crippen molar-refractivity contribution < 1.29 is 0 Å². The number of hydrogen-bond acceptors (Lipinski definition) is 2. The van der Waals surface area contributed by atoms with E-state index in [0.29, 0.717) is 5.92 Å². The molecule has 0 amide bonds. The van der Waals surface area contributed by atoms with E-state index in [9.17, 15) is 0 Å². The highest BCUT2D eigenvalue weighted by Gasteiger charge is 2.12. The first-order valence-corrected chi connectivity index (χ1v) is 8.16. The van der Waals surface area contributed by atoms with Crippen LogP contribution in [-0.2, 0) is 13.0 Å². The zero-order valence-electron chi connectivity index (χ0n) is 14.2. The molecular formula is C18H29N3. The Morgan fingerprint density at radius 3 is 2.62 bits per heavy atom. The Hall–Kier alpha value is -1.35. The van der Waals surface area contributed by atoms with Gasteiger partial charge in [-0.3, -0.25) is 0 Å². The highest BCUT2D eigenvalue weighted by molar-refractivity contribution is 5.77. The summed E-state index contributed by atoms with van der Waals surface area (Å²) in [6.45, 7) is 8.79. The van der Waals surface area contributed by atoms with Gasteiger partial charge in [-0.15, -0.1) is 0 Å². The first kappa shape index (κ1) is 16.0. The summed E-state index contributed by atoms with van der Waals surface area (Å²) in [6.07, 6.45) is 3.51. The molecule has 0 unspecified atom stereocenters. The number of aromatic nitrogens is 2. The minimum atomic E-state index is 0.556. The molecule has 0 saturated carbocycles. The standard InChI is InChI=1S/C18H29N3/c1-6-7-8-18-19-16-13-15(14(2)3)9-10-17(16)21(18)12-11-20(4)5/h9-10,13-14H,6-8,11-12H2,1-5H3. The van der Waals surface area contributed by atoms with Gasteiger partial charge < -0.3 is 9.47 Å². The maximum atomic E-state index is 4.92. The Morgan fingerprint density at radius 2 is 2.00 bits per heavy atom. The zero-order valence-corrected chi connectivity index (χ0v) is 14.2. The summed E-state index contributed by atoms with van der Waals surface area (Å²) in [4.78, 5) is 7.15. The minimum Gasteiger partial charge on any atom is -0.327 e. The summed E-state index contributed by atoms with van der Waals surface area (Å²) in [5.41, 5.74) is 3.82. The molecule has 2 rings (SSSR count). The molecule has 0 atom stereocenters. The number of hydrogen-bond donors (Lipinski definition) is 0. The van der Waals surface area contributed by atoms with Gasteiger partial charge in [0.25, 0.3) is 0 Å². The number of unbranched alkanes of at least 4 members (excludes halogenated alkanes) is 1. The average Bonchev–Trinajstić information content (AvgIpc) is 2.79. The summed E-state index contributed by atoms with van der Waals surface area (Å²) in [7, 11) is 4.25. The van der Waals surface area contributed by atoms with Crippen LogP contribution in [0, 0.1) is 0 Å². The van der Waals surface area contributed by atoms with Crippen molar-refractivity contribution in [3.63, 3.8) is 0 Å². The highest BCUT2D eigenvalue weighted by Crippen LogP contribution is 2.23. The van der Waals surface area contributed by atoms with Crippen molar-refractivity contribution in [3.8, 4) is 0 Å². The van der Waals surface area contributed by atoms with Crippen molar-refractivity contribution in [2.75, 3.05) is 20.6 Å². The van der Waals surface area contributed by atoms with Crippen LogP contribution in [0.2, 0.25) is 0 Å². The van der Waals surface area contributed by atoms with Crippen LogP contribution in [0.5, 0.6) is 0 Å². The molecular weight excluding hydrogens is 258 g/mol. The molecule has 3 heteroatoms. The van der Waals surface area contributed by atoms with E-state index in [1.165, 1.54) is 29.7 Å². The number of nitrogens with zero attached hydrogens (tertiary/aromatic N) is 3. The molecule has 1 aromatic carbocycles. The Morgan fingerprint density at radius 1 is 1.24 bits per heavy atom. The van der Waals surface area contributed by atoms with E-state index in [1.54, 1.807) is 0 Å². The van der Waals surface area contributed by atoms with Crippen LogP contribution >= 0.6 is 0 Å². The van der Waals surface area contributed by atoms with Gasteiger partial charge >= 0.3 is 0 Å².